The Morgan fingerprint density at radius 3 is 2.46 bits per heavy atom. The lowest BCUT2D eigenvalue weighted by atomic mass is 10.1. The van der Waals surface area contributed by atoms with Crippen LogP contribution in [0.5, 0.6) is 0 Å². The smallest absolute Gasteiger partial charge is 0.333 e. The molecule has 4 nitrogen and oxygen atoms in total. The van der Waals surface area contributed by atoms with Gasteiger partial charge >= 0.3 is 5.97 Å². The van der Waals surface area contributed by atoms with Crippen LogP contribution in [-0.4, -0.2) is 18.5 Å². The maximum Gasteiger partial charge on any atom is 0.333 e. The first-order valence-electron chi connectivity index (χ1n) is 9.28. The molecule has 0 saturated heterocycles. The van der Waals surface area contributed by atoms with E-state index in [1.54, 1.807) is 0 Å². The van der Waals surface area contributed by atoms with Crippen LogP contribution in [0, 0.1) is 5.92 Å². The summed E-state index contributed by atoms with van der Waals surface area (Å²) in [5.41, 5.74) is 3.24. The second-order valence-electron chi connectivity index (χ2n) is 7.13. The van der Waals surface area contributed by atoms with Gasteiger partial charge in [-0.1, -0.05) is 47.6 Å². The third-order valence-electron chi connectivity index (χ3n) is 4.35. The number of esters is 1. The number of carbonyl (C=O) groups excluding carboxylic acids is 2. The van der Waals surface area contributed by atoms with Gasteiger partial charge in [-0.05, 0) is 58.1 Å². The predicted molar refractivity (Wildman–Crippen MR) is 103 cm³/mol. The molecule has 1 amide bonds. The van der Waals surface area contributed by atoms with Crippen LogP contribution in [-0.2, 0) is 14.3 Å². The van der Waals surface area contributed by atoms with Crippen LogP contribution < -0.4 is 5.32 Å². The van der Waals surface area contributed by atoms with E-state index in [9.17, 15) is 9.59 Å². The van der Waals surface area contributed by atoms with Gasteiger partial charge in [0.15, 0.2) is 6.04 Å². The van der Waals surface area contributed by atoms with Crippen LogP contribution in [0.1, 0.15) is 58.1 Å². The molecule has 1 aliphatic carbocycles. The van der Waals surface area contributed by atoms with Crippen LogP contribution in [0.4, 0.5) is 0 Å². The standard InChI is InChI=1S/C22H29NO3/c1-16(2)8-7-9-17(3)14-15-26-22(25)20(18-10-5-4-6-11-18)23-21(24)19-12-13-19/h4-6,8,10-11,14,19-20H,7,9,12-13,15H2,1-3H3,(H,23,24)/b17-14+. The quantitative estimate of drug-likeness (QED) is 0.524. The Hall–Kier alpha value is -2.36. The second kappa shape index (κ2) is 9.95. The van der Waals surface area contributed by atoms with Crippen molar-refractivity contribution in [1.82, 2.24) is 5.32 Å². The molecule has 0 spiro atoms. The molecule has 0 bridgehead atoms. The maximum atomic E-state index is 12.5. The minimum absolute atomic E-state index is 0.0474. The van der Waals surface area contributed by atoms with Gasteiger partial charge in [-0.25, -0.2) is 4.79 Å². The molecule has 1 aromatic carbocycles. The number of allylic oxidation sites excluding steroid dienone is 3. The molecule has 140 valence electrons. The van der Waals surface area contributed by atoms with E-state index in [-0.39, 0.29) is 18.4 Å². The summed E-state index contributed by atoms with van der Waals surface area (Å²) in [5, 5.41) is 2.84. The molecule has 1 N–H and O–H groups in total. The van der Waals surface area contributed by atoms with Crippen molar-refractivity contribution in [3.8, 4) is 0 Å². The molecule has 0 aromatic heterocycles. The summed E-state index contributed by atoms with van der Waals surface area (Å²) in [6.45, 7) is 6.43. The lowest BCUT2D eigenvalue weighted by Crippen LogP contribution is -2.35. The minimum Gasteiger partial charge on any atom is -0.460 e. The Morgan fingerprint density at radius 2 is 1.85 bits per heavy atom. The van der Waals surface area contributed by atoms with Gasteiger partial charge in [-0.3, -0.25) is 4.79 Å². The third kappa shape index (κ3) is 6.87. The zero-order chi connectivity index (χ0) is 18.9. The highest BCUT2D eigenvalue weighted by atomic mass is 16.5. The number of hydrogen-bond donors (Lipinski definition) is 1. The predicted octanol–water partition coefficient (Wildman–Crippen LogP) is 4.49. The van der Waals surface area contributed by atoms with Gasteiger partial charge < -0.3 is 10.1 Å². The molecule has 1 aliphatic rings. The van der Waals surface area contributed by atoms with Gasteiger partial charge in [-0.2, -0.15) is 0 Å². The molecular weight excluding hydrogens is 326 g/mol. The fourth-order valence-corrected chi connectivity index (χ4v) is 2.57. The van der Waals surface area contributed by atoms with Crippen molar-refractivity contribution in [1.29, 1.82) is 0 Å². The molecule has 0 radical (unpaired) electrons. The highest BCUT2D eigenvalue weighted by Gasteiger charge is 2.33. The number of amides is 1. The van der Waals surface area contributed by atoms with Crippen LogP contribution in [0.15, 0.2) is 53.6 Å². The molecule has 26 heavy (non-hydrogen) atoms. The Morgan fingerprint density at radius 1 is 1.15 bits per heavy atom. The van der Waals surface area contributed by atoms with Crippen molar-refractivity contribution in [3.63, 3.8) is 0 Å². The van der Waals surface area contributed by atoms with Crippen LogP contribution in [0.2, 0.25) is 0 Å². The van der Waals surface area contributed by atoms with Crippen molar-refractivity contribution >= 4 is 11.9 Å². The van der Waals surface area contributed by atoms with E-state index >= 15 is 0 Å². The summed E-state index contributed by atoms with van der Waals surface area (Å²) in [6, 6.07) is 8.51. The average molecular weight is 355 g/mol. The van der Waals surface area contributed by atoms with E-state index in [2.05, 4.69) is 25.2 Å². The van der Waals surface area contributed by atoms with Crippen molar-refractivity contribution < 1.29 is 14.3 Å². The van der Waals surface area contributed by atoms with Gasteiger partial charge in [0.2, 0.25) is 5.91 Å². The summed E-state index contributed by atoms with van der Waals surface area (Å²) >= 11 is 0. The maximum absolute atomic E-state index is 12.5. The van der Waals surface area contributed by atoms with Crippen molar-refractivity contribution in [3.05, 3.63) is 59.2 Å². The highest BCUT2D eigenvalue weighted by molar-refractivity contribution is 5.87. The first-order chi connectivity index (χ1) is 12.5. The lowest BCUT2D eigenvalue weighted by Gasteiger charge is -2.17. The number of ether oxygens (including phenoxy) is 1. The van der Waals surface area contributed by atoms with Gasteiger partial charge in [-0.15, -0.1) is 0 Å². The summed E-state index contributed by atoms with van der Waals surface area (Å²) in [5.74, 6) is -0.436. The molecule has 0 aliphatic heterocycles. The first kappa shape index (κ1) is 20.0. The fourth-order valence-electron chi connectivity index (χ4n) is 2.57. The van der Waals surface area contributed by atoms with E-state index in [0.29, 0.717) is 0 Å². The summed E-state index contributed by atoms with van der Waals surface area (Å²) in [7, 11) is 0. The van der Waals surface area contributed by atoms with Crippen molar-refractivity contribution in [2.75, 3.05) is 6.61 Å². The number of carbonyl (C=O) groups is 2. The average Bonchev–Trinajstić information content (AvgIpc) is 3.45. The highest BCUT2D eigenvalue weighted by Crippen LogP contribution is 2.30. The van der Waals surface area contributed by atoms with E-state index < -0.39 is 12.0 Å². The van der Waals surface area contributed by atoms with Gasteiger partial charge in [0, 0.05) is 5.92 Å². The van der Waals surface area contributed by atoms with E-state index in [1.807, 2.05) is 43.3 Å². The number of benzene rings is 1. The number of nitrogens with one attached hydrogen (secondary N) is 1. The zero-order valence-electron chi connectivity index (χ0n) is 16.0. The number of rotatable bonds is 9. The van der Waals surface area contributed by atoms with Crippen molar-refractivity contribution in [2.45, 2.75) is 52.5 Å². The largest absolute Gasteiger partial charge is 0.460 e. The topological polar surface area (TPSA) is 55.4 Å². The fraction of sp³-hybridized carbons (Fsp3) is 0.455. The second-order valence-corrected chi connectivity index (χ2v) is 7.13. The Kier molecular flexibility index (Phi) is 7.64. The summed E-state index contributed by atoms with van der Waals surface area (Å²) < 4.78 is 5.41. The lowest BCUT2D eigenvalue weighted by molar-refractivity contribution is -0.147. The zero-order valence-corrected chi connectivity index (χ0v) is 16.0. The molecule has 1 fully saturated rings. The third-order valence-corrected chi connectivity index (χ3v) is 4.35. The molecular formula is C22H29NO3. The molecule has 1 saturated carbocycles. The first-order valence-corrected chi connectivity index (χ1v) is 9.28. The molecule has 0 heterocycles. The molecule has 4 heteroatoms. The summed E-state index contributed by atoms with van der Waals surface area (Å²) in [4.78, 5) is 24.6. The molecule has 2 rings (SSSR count). The van der Waals surface area contributed by atoms with Gasteiger partial charge in [0.05, 0.1) is 0 Å². The van der Waals surface area contributed by atoms with Crippen LogP contribution in [0.25, 0.3) is 0 Å². The monoisotopic (exact) mass is 355 g/mol. The summed E-state index contributed by atoms with van der Waals surface area (Å²) in [6.07, 6.45) is 7.86. The molecule has 1 unspecified atom stereocenters. The van der Waals surface area contributed by atoms with E-state index in [4.69, 9.17) is 4.74 Å². The van der Waals surface area contributed by atoms with E-state index in [0.717, 1.165) is 31.2 Å². The molecule has 1 aromatic rings. The van der Waals surface area contributed by atoms with Crippen LogP contribution in [0.3, 0.4) is 0 Å². The molecule has 1 atom stereocenters. The normalized spacial score (nSPS) is 15.1. The number of hydrogen-bond acceptors (Lipinski definition) is 3. The Balaban J connectivity index is 1.91. The Bertz CT molecular complexity index is 668. The minimum atomic E-state index is -0.747. The SMILES string of the molecule is CC(C)=CCC/C(C)=C/COC(=O)C(NC(=O)C1CC1)c1ccccc1. The van der Waals surface area contributed by atoms with Gasteiger partial charge in [0.25, 0.3) is 0 Å². The van der Waals surface area contributed by atoms with Crippen molar-refractivity contribution in [2.24, 2.45) is 5.92 Å². The van der Waals surface area contributed by atoms with E-state index in [1.165, 1.54) is 11.1 Å². The Labute approximate surface area is 156 Å². The van der Waals surface area contributed by atoms with Crippen LogP contribution >= 0.6 is 0 Å². The van der Waals surface area contributed by atoms with Gasteiger partial charge in [0.1, 0.15) is 6.61 Å².